The van der Waals surface area contributed by atoms with Gasteiger partial charge in [-0.15, -0.1) is 0 Å². The smallest absolute Gasteiger partial charge is 0.0591 e. The van der Waals surface area contributed by atoms with E-state index in [0.717, 1.165) is 26.3 Å². The molecule has 2 heteroatoms. The summed E-state index contributed by atoms with van der Waals surface area (Å²) in [6.45, 7) is 12.1. The number of morpholine rings is 1. The molecule has 0 amide bonds. The molecule has 1 rings (SSSR count). The third-order valence-corrected chi connectivity index (χ3v) is 0.846. The first-order valence-electron chi connectivity index (χ1n) is 4.70. The van der Waals surface area contributed by atoms with Crippen molar-refractivity contribution >= 4 is 0 Å². The molecule has 0 radical (unpaired) electrons. The van der Waals surface area contributed by atoms with E-state index in [1.54, 1.807) is 0 Å². The van der Waals surface area contributed by atoms with Gasteiger partial charge in [-0.3, -0.25) is 0 Å². The predicted molar refractivity (Wildman–Crippen MR) is 51.0 cm³/mol. The van der Waals surface area contributed by atoms with Crippen LogP contribution in [0.2, 0.25) is 0 Å². The fourth-order valence-electron chi connectivity index (χ4n) is 0.516. The summed E-state index contributed by atoms with van der Waals surface area (Å²) in [5.74, 6) is 0. The standard InChI is InChI=1S/C4H9NO.C3H8.C2H6/c1-3-6-4-2-5-1;1-3-2;1-2/h5H,1-4H2;3H2,1-2H3;1-2H3. The van der Waals surface area contributed by atoms with Crippen LogP contribution in [0.5, 0.6) is 0 Å². The third kappa shape index (κ3) is 17.8. The van der Waals surface area contributed by atoms with Gasteiger partial charge in [0.2, 0.25) is 0 Å². The normalized spacial score (nSPS) is 15.3. The van der Waals surface area contributed by atoms with Crippen molar-refractivity contribution < 1.29 is 4.74 Å². The molecular weight excluding hydrogens is 138 g/mol. The molecule has 0 unspecified atom stereocenters. The highest BCUT2D eigenvalue weighted by molar-refractivity contribution is 4.49. The van der Waals surface area contributed by atoms with Gasteiger partial charge in [0.15, 0.2) is 0 Å². The van der Waals surface area contributed by atoms with Crippen molar-refractivity contribution in [3.63, 3.8) is 0 Å². The first-order chi connectivity index (χ1) is 5.41. The van der Waals surface area contributed by atoms with Gasteiger partial charge >= 0.3 is 0 Å². The fraction of sp³-hybridized carbons (Fsp3) is 1.00. The maximum Gasteiger partial charge on any atom is 0.0591 e. The van der Waals surface area contributed by atoms with E-state index in [2.05, 4.69) is 19.2 Å². The number of hydrogen-bond donors (Lipinski definition) is 1. The fourth-order valence-corrected chi connectivity index (χ4v) is 0.516. The molecule has 0 saturated carbocycles. The van der Waals surface area contributed by atoms with Crippen LogP contribution < -0.4 is 5.32 Å². The molecule has 1 aliphatic heterocycles. The van der Waals surface area contributed by atoms with E-state index >= 15 is 0 Å². The van der Waals surface area contributed by atoms with E-state index < -0.39 is 0 Å². The average molecular weight is 161 g/mol. The van der Waals surface area contributed by atoms with Crippen LogP contribution in [0.1, 0.15) is 34.1 Å². The van der Waals surface area contributed by atoms with Gasteiger partial charge in [0.05, 0.1) is 13.2 Å². The highest BCUT2D eigenvalue weighted by atomic mass is 16.5. The molecule has 0 aromatic rings. The molecule has 0 aliphatic carbocycles. The van der Waals surface area contributed by atoms with Crippen LogP contribution in [-0.2, 0) is 4.74 Å². The zero-order valence-electron chi connectivity index (χ0n) is 8.44. The predicted octanol–water partition coefficient (Wildman–Crippen LogP) is 2.05. The second-order valence-corrected chi connectivity index (χ2v) is 2.07. The molecule has 1 fully saturated rings. The van der Waals surface area contributed by atoms with Gasteiger partial charge in [-0.2, -0.15) is 0 Å². The Bertz CT molecular complexity index is 33.3. The Hall–Kier alpha value is -0.0800. The number of nitrogens with one attached hydrogen (secondary N) is 1. The van der Waals surface area contributed by atoms with E-state index in [1.165, 1.54) is 6.42 Å². The molecule has 11 heavy (non-hydrogen) atoms. The largest absolute Gasteiger partial charge is 0.379 e. The summed E-state index contributed by atoms with van der Waals surface area (Å²) in [7, 11) is 0. The van der Waals surface area contributed by atoms with Gasteiger partial charge in [-0.25, -0.2) is 0 Å². The summed E-state index contributed by atoms with van der Waals surface area (Å²) in [6.07, 6.45) is 1.25. The summed E-state index contributed by atoms with van der Waals surface area (Å²) in [5, 5.41) is 3.16. The average Bonchev–Trinajstić information content (AvgIpc) is 2.12. The molecule has 70 valence electrons. The minimum absolute atomic E-state index is 0.889. The van der Waals surface area contributed by atoms with Crippen molar-refractivity contribution in [3.05, 3.63) is 0 Å². The molecule has 1 aliphatic rings. The zero-order valence-corrected chi connectivity index (χ0v) is 8.44. The Morgan fingerprint density at radius 3 is 1.55 bits per heavy atom. The Balaban J connectivity index is 0. The van der Waals surface area contributed by atoms with Crippen molar-refractivity contribution in [1.29, 1.82) is 0 Å². The second-order valence-electron chi connectivity index (χ2n) is 2.07. The van der Waals surface area contributed by atoms with E-state index in [1.807, 2.05) is 13.8 Å². The Morgan fingerprint density at radius 2 is 1.45 bits per heavy atom. The number of hydrogen-bond acceptors (Lipinski definition) is 2. The molecule has 1 heterocycles. The van der Waals surface area contributed by atoms with Crippen LogP contribution in [0.15, 0.2) is 0 Å². The van der Waals surface area contributed by atoms with Crippen molar-refractivity contribution in [2.45, 2.75) is 34.1 Å². The van der Waals surface area contributed by atoms with Crippen LogP contribution in [0.3, 0.4) is 0 Å². The van der Waals surface area contributed by atoms with Gasteiger partial charge in [0.25, 0.3) is 0 Å². The van der Waals surface area contributed by atoms with Crippen molar-refractivity contribution in [2.24, 2.45) is 0 Å². The lowest BCUT2D eigenvalue weighted by molar-refractivity contribution is 0.109. The van der Waals surface area contributed by atoms with Crippen molar-refractivity contribution in [2.75, 3.05) is 26.3 Å². The molecule has 0 aromatic carbocycles. The summed E-state index contributed by atoms with van der Waals surface area (Å²) in [4.78, 5) is 0. The van der Waals surface area contributed by atoms with Gasteiger partial charge < -0.3 is 10.1 Å². The maximum absolute atomic E-state index is 5.01. The molecule has 0 spiro atoms. The quantitative estimate of drug-likeness (QED) is 0.587. The zero-order chi connectivity index (χ0) is 8.95. The molecular formula is C9H23NO. The van der Waals surface area contributed by atoms with Gasteiger partial charge in [0.1, 0.15) is 0 Å². The minimum Gasteiger partial charge on any atom is -0.379 e. The first-order valence-corrected chi connectivity index (χ1v) is 4.70. The van der Waals surface area contributed by atoms with E-state index in [4.69, 9.17) is 4.74 Å². The van der Waals surface area contributed by atoms with E-state index in [0.29, 0.717) is 0 Å². The van der Waals surface area contributed by atoms with Gasteiger partial charge in [0, 0.05) is 13.1 Å². The molecule has 1 N–H and O–H groups in total. The third-order valence-electron chi connectivity index (χ3n) is 0.846. The number of ether oxygens (including phenoxy) is 1. The second kappa shape index (κ2) is 16.5. The summed E-state index contributed by atoms with van der Waals surface area (Å²) < 4.78 is 5.01. The molecule has 1 saturated heterocycles. The van der Waals surface area contributed by atoms with Gasteiger partial charge in [-0.05, 0) is 0 Å². The lowest BCUT2D eigenvalue weighted by Crippen LogP contribution is -2.30. The minimum atomic E-state index is 0.889. The molecule has 0 atom stereocenters. The molecule has 0 bridgehead atoms. The van der Waals surface area contributed by atoms with Crippen LogP contribution in [-0.4, -0.2) is 26.3 Å². The summed E-state index contributed by atoms with van der Waals surface area (Å²) >= 11 is 0. The van der Waals surface area contributed by atoms with Crippen molar-refractivity contribution in [1.82, 2.24) is 5.32 Å². The monoisotopic (exact) mass is 161 g/mol. The summed E-state index contributed by atoms with van der Waals surface area (Å²) in [6, 6.07) is 0. The molecule has 2 nitrogen and oxygen atoms in total. The van der Waals surface area contributed by atoms with Crippen LogP contribution in [0.4, 0.5) is 0 Å². The van der Waals surface area contributed by atoms with Crippen LogP contribution in [0.25, 0.3) is 0 Å². The lowest BCUT2D eigenvalue weighted by atomic mass is 10.5. The Labute approximate surface area is 71.3 Å². The maximum atomic E-state index is 5.01. The lowest BCUT2D eigenvalue weighted by Gasteiger charge is -2.10. The number of rotatable bonds is 0. The van der Waals surface area contributed by atoms with E-state index in [-0.39, 0.29) is 0 Å². The first kappa shape index (κ1) is 13.5. The SMILES string of the molecule is C1COCCN1.CC.CCC. The van der Waals surface area contributed by atoms with Crippen LogP contribution in [0, 0.1) is 0 Å². The highest BCUT2D eigenvalue weighted by Crippen LogP contribution is 1.76. The Morgan fingerprint density at radius 1 is 1.09 bits per heavy atom. The van der Waals surface area contributed by atoms with Gasteiger partial charge in [-0.1, -0.05) is 34.1 Å². The topological polar surface area (TPSA) is 21.3 Å². The van der Waals surface area contributed by atoms with E-state index in [9.17, 15) is 0 Å². The highest BCUT2D eigenvalue weighted by Gasteiger charge is 1.92. The Kier molecular flexibility index (Phi) is 20.2. The summed E-state index contributed by atoms with van der Waals surface area (Å²) in [5.41, 5.74) is 0. The van der Waals surface area contributed by atoms with Crippen molar-refractivity contribution in [3.8, 4) is 0 Å². The van der Waals surface area contributed by atoms with Crippen LogP contribution >= 0.6 is 0 Å². The molecule has 0 aromatic heterocycles.